The van der Waals surface area contributed by atoms with Crippen molar-refractivity contribution in [1.29, 1.82) is 0 Å². The number of para-hydroxylation sites is 1. The molecule has 0 amide bonds. The molecule has 17 heavy (non-hydrogen) atoms. The first-order valence-electron chi connectivity index (χ1n) is 5.69. The second kappa shape index (κ2) is 5.02. The highest BCUT2D eigenvalue weighted by Gasteiger charge is 2.14. The molecule has 0 aliphatic heterocycles. The maximum Gasteiger partial charge on any atom is 0.106 e. The molecular formula is C15H17NO. The quantitative estimate of drug-likeness (QED) is 0.871. The van der Waals surface area contributed by atoms with Crippen molar-refractivity contribution < 1.29 is 5.11 Å². The molecule has 2 rings (SSSR count). The number of rotatable bonds is 3. The molecule has 1 N–H and O–H groups in total. The molecule has 0 saturated carbocycles. The monoisotopic (exact) mass is 227 g/mol. The summed E-state index contributed by atoms with van der Waals surface area (Å²) in [5.41, 5.74) is 2.90. The van der Waals surface area contributed by atoms with E-state index in [9.17, 15) is 5.11 Å². The van der Waals surface area contributed by atoms with Crippen molar-refractivity contribution in [3.8, 4) is 0 Å². The van der Waals surface area contributed by atoms with E-state index in [1.165, 1.54) is 0 Å². The smallest absolute Gasteiger partial charge is 0.106 e. The second-order valence-corrected chi connectivity index (χ2v) is 4.27. The Balaban J connectivity index is 2.41. The van der Waals surface area contributed by atoms with Crippen LogP contribution < -0.4 is 4.90 Å². The molecule has 1 atom stereocenters. The van der Waals surface area contributed by atoms with E-state index in [1.54, 1.807) is 0 Å². The Bertz CT molecular complexity index is 479. The van der Waals surface area contributed by atoms with Gasteiger partial charge in [0.15, 0.2) is 0 Å². The first kappa shape index (κ1) is 11.7. The third kappa shape index (κ3) is 2.48. The molecule has 2 heteroatoms. The van der Waals surface area contributed by atoms with Crippen LogP contribution in [0.15, 0.2) is 54.6 Å². The van der Waals surface area contributed by atoms with Crippen LogP contribution in [0.4, 0.5) is 5.69 Å². The Kier molecular flexibility index (Phi) is 3.45. The Hall–Kier alpha value is -1.80. The average Bonchev–Trinajstić information content (AvgIpc) is 2.39. The van der Waals surface area contributed by atoms with Crippen LogP contribution in [0.5, 0.6) is 0 Å². The zero-order chi connectivity index (χ0) is 12.3. The number of anilines is 1. The Morgan fingerprint density at radius 1 is 0.882 bits per heavy atom. The third-order valence-corrected chi connectivity index (χ3v) is 2.83. The molecule has 88 valence electrons. The van der Waals surface area contributed by atoms with Crippen molar-refractivity contribution in [2.45, 2.75) is 6.10 Å². The van der Waals surface area contributed by atoms with Gasteiger partial charge < -0.3 is 10.0 Å². The number of hydrogen-bond acceptors (Lipinski definition) is 2. The fourth-order valence-electron chi connectivity index (χ4n) is 1.94. The number of benzene rings is 2. The molecule has 2 nitrogen and oxygen atoms in total. The van der Waals surface area contributed by atoms with Gasteiger partial charge in [-0.2, -0.15) is 0 Å². The van der Waals surface area contributed by atoms with Gasteiger partial charge in [-0.25, -0.2) is 0 Å². The van der Waals surface area contributed by atoms with Crippen LogP contribution in [0.1, 0.15) is 17.2 Å². The molecule has 0 bridgehead atoms. The van der Waals surface area contributed by atoms with Gasteiger partial charge in [0.1, 0.15) is 6.10 Å². The number of nitrogens with zero attached hydrogens (tertiary/aromatic N) is 1. The van der Waals surface area contributed by atoms with Crippen molar-refractivity contribution in [3.63, 3.8) is 0 Å². The maximum atomic E-state index is 10.4. The normalized spacial score (nSPS) is 12.2. The van der Waals surface area contributed by atoms with Gasteiger partial charge in [-0.15, -0.1) is 0 Å². The summed E-state index contributed by atoms with van der Waals surface area (Å²) >= 11 is 0. The van der Waals surface area contributed by atoms with Crippen LogP contribution in [-0.2, 0) is 0 Å². The Morgan fingerprint density at radius 2 is 1.47 bits per heavy atom. The SMILES string of the molecule is CN(C)c1ccccc1C(O)c1ccccc1. The molecule has 0 fully saturated rings. The van der Waals surface area contributed by atoms with Crippen LogP contribution in [0, 0.1) is 0 Å². The standard InChI is InChI=1S/C15H17NO/c1-16(2)14-11-7-6-10-13(14)15(17)12-8-4-3-5-9-12/h3-11,15,17H,1-2H3. The van der Waals surface area contributed by atoms with Gasteiger partial charge in [0.25, 0.3) is 0 Å². The minimum atomic E-state index is -0.574. The summed E-state index contributed by atoms with van der Waals surface area (Å²) in [6.45, 7) is 0. The summed E-state index contributed by atoms with van der Waals surface area (Å²) in [5.74, 6) is 0. The predicted molar refractivity (Wildman–Crippen MR) is 71.3 cm³/mol. The highest BCUT2D eigenvalue weighted by Crippen LogP contribution is 2.29. The van der Waals surface area contributed by atoms with Crippen LogP contribution >= 0.6 is 0 Å². The maximum absolute atomic E-state index is 10.4. The molecule has 0 aliphatic rings. The zero-order valence-electron chi connectivity index (χ0n) is 10.2. The largest absolute Gasteiger partial charge is 0.384 e. The van der Waals surface area contributed by atoms with E-state index in [1.807, 2.05) is 73.6 Å². The minimum Gasteiger partial charge on any atom is -0.384 e. The zero-order valence-corrected chi connectivity index (χ0v) is 10.2. The van der Waals surface area contributed by atoms with Gasteiger partial charge in [0.05, 0.1) is 0 Å². The lowest BCUT2D eigenvalue weighted by Crippen LogP contribution is -2.13. The third-order valence-electron chi connectivity index (χ3n) is 2.83. The summed E-state index contributed by atoms with van der Waals surface area (Å²) < 4.78 is 0. The van der Waals surface area contributed by atoms with E-state index < -0.39 is 6.10 Å². The van der Waals surface area contributed by atoms with E-state index in [4.69, 9.17) is 0 Å². The molecule has 2 aromatic rings. The van der Waals surface area contributed by atoms with Gasteiger partial charge in [-0.1, -0.05) is 48.5 Å². The minimum absolute atomic E-state index is 0.574. The molecule has 0 heterocycles. The van der Waals surface area contributed by atoms with Gasteiger partial charge in [0.2, 0.25) is 0 Å². The summed E-state index contributed by atoms with van der Waals surface area (Å²) in [4.78, 5) is 2.02. The van der Waals surface area contributed by atoms with Crippen LogP contribution in [0.3, 0.4) is 0 Å². The second-order valence-electron chi connectivity index (χ2n) is 4.27. The van der Waals surface area contributed by atoms with Gasteiger partial charge in [-0.05, 0) is 11.6 Å². The van der Waals surface area contributed by atoms with Crippen LogP contribution in [0.25, 0.3) is 0 Å². The van der Waals surface area contributed by atoms with E-state index in [2.05, 4.69) is 0 Å². The molecule has 2 aromatic carbocycles. The molecule has 1 unspecified atom stereocenters. The van der Waals surface area contributed by atoms with Gasteiger partial charge in [-0.3, -0.25) is 0 Å². The molecule has 0 radical (unpaired) electrons. The summed E-state index contributed by atoms with van der Waals surface area (Å²) in [7, 11) is 3.97. The van der Waals surface area contributed by atoms with Crippen molar-refractivity contribution in [2.75, 3.05) is 19.0 Å². The average molecular weight is 227 g/mol. The number of hydrogen-bond donors (Lipinski definition) is 1. The van der Waals surface area contributed by atoms with E-state index in [0.717, 1.165) is 16.8 Å². The van der Waals surface area contributed by atoms with Crippen LogP contribution in [-0.4, -0.2) is 19.2 Å². The van der Waals surface area contributed by atoms with E-state index in [0.29, 0.717) is 0 Å². The fraction of sp³-hybridized carbons (Fsp3) is 0.200. The summed E-state index contributed by atoms with van der Waals surface area (Å²) in [6.07, 6.45) is -0.574. The van der Waals surface area contributed by atoms with Crippen LogP contribution in [0.2, 0.25) is 0 Å². The van der Waals surface area contributed by atoms with Gasteiger partial charge in [0, 0.05) is 25.3 Å². The first-order chi connectivity index (χ1) is 8.20. The molecular weight excluding hydrogens is 210 g/mol. The number of aliphatic hydroxyl groups is 1. The molecule has 0 aliphatic carbocycles. The summed E-state index contributed by atoms with van der Waals surface area (Å²) in [5, 5.41) is 10.4. The Labute approximate surface area is 102 Å². The lowest BCUT2D eigenvalue weighted by Gasteiger charge is -2.21. The fourth-order valence-corrected chi connectivity index (χ4v) is 1.94. The highest BCUT2D eigenvalue weighted by molar-refractivity contribution is 5.55. The van der Waals surface area contributed by atoms with Crippen molar-refractivity contribution in [1.82, 2.24) is 0 Å². The molecule has 0 spiro atoms. The lowest BCUT2D eigenvalue weighted by atomic mass is 9.99. The van der Waals surface area contributed by atoms with E-state index in [-0.39, 0.29) is 0 Å². The summed E-state index contributed by atoms with van der Waals surface area (Å²) in [6, 6.07) is 17.6. The van der Waals surface area contributed by atoms with E-state index >= 15 is 0 Å². The van der Waals surface area contributed by atoms with Gasteiger partial charge >= 0.3 is 0 Å². The predicted octanol–water partition coefficient (Wildman–Crippen LogP) is 2.83. The number of aliphatic hydroxyl groups excluding tert-OH is 1. The first-order valence-corrected chi connectivity index (χ1v) is 5.69. The van der Waals surface area contributed by atoms with Crippen molar-refractivity contribution in [3.05, 3.63) is 65.7 Å². The van der Waals surface area contributed by atoms with Crippen molar-refractivity contribution >= 4 is 5.69 Å². The topological polar surface area (TPSA) is 23.5 Å². The lowest BCUT2D eigenvalue weighted by molar-refractivity contribution is 0.220. The molecule has 0 aromatic heterocycles. The molecule has 0 saturated heterocycles. The van der Waals surface area contributed by atoms with Crippen molar-refractivity contribution in [2.24, 2.45) is 0 Å². The highest BCUT2D eigenvalue weighted by atomic mass is 16.3. The Morgan fingerprint density at radius 3 is 2.12 bits per heavy atom.